The molecule has 2 rings (SSSR count). The highest BCUT2D eigenvalue weighted by Crippen LogP contribution is 2.30. The summed E-state index contributed by atoms with van der Waals surface area (Å²) in [5, 5.41) is 4.69. The highest BCUT2D eigenvalue weighted by molar-refractivity contribution is 9.10. The Bertz CT molecular complexity index is 599. The summed E-state index contributed by atoms with van der Waals surface area (Å²) in [6, 6.07) is 8.37. The van der Waals surface area contributed by atoms with E-state index in [2.05, 4.69) is 67.1 Å². The molecule has 0 radical (unpaired) electrons. The lowest BCUT2D eigenvalue weighted by Gasteiger charge is -2.20. The number of rotatable bonds is 5. The van der Waals surface area contributed by atoms with Gasteiger partial charge in [-0.15, -0.1) is 11.3 Å². The van der Waals surface area contributed by atoms with Crippen LogP contribution in [0.5, 0.6) is 0 Å². The first-order valence-corrected chi connectivity index (χ1v) is 8.99. The molecule has 0 aliphatic heterocycles. The zero-order valence-electron chi connectivity index (χ0n) is 13.2. The number of benzene rings is 1. The monoisotopic (exact) mass is 366 g/mol. The fraction of sp³-hybridized carbons (Fsp3) is 0.471. The quantitative estimate of drug-likeness (QED) is 0.764. The van der Waals surface area contributed by atoms with E-state index in [1.807, 2.05) is 17.4 Å². The van der Waals surface area contributed by atoms with Gasteiger partial charge in [-0.25, -0.2) is 4.98 Å². The van der Waals surface area contributed by atoms with Gasteiger partial charge in [0.05, 0.1) is 5.69 Å². The fourth-order valence-corrected chi connectivity index (χ4v) is 3.49. The largest absolute Gasteiger partial charge is 0.307 e. The summed E-state index contributed by atoms with van der Waals surface area (Å²) in [7, 11) is 0. The normalized spacial score (nSPS) is 11.9. The summed E-state index contributed by atoms with van der Waals surface area (Å²) in [5.74, 6) is 0. The van der Waals surface area contributed by atoms with Gasteiger partial charge in [0.25, 0.3) is 0 Å². The molecule has 0 atom stereocenters. The van der Waals surface area contributed by atoms with Crippen molar-refractivity contribution in [3.63, 3.8) is 0 Å². The highest BCUT2D eigenvalue weighted by atomic mass is 79.9. The van der Waals surface area contributed by atoms with Crippen molar-refractivity contribution in [1.82, 2.24) is 10.3 Å². The van der Waals surface area contributed by atoms with E-state index in [0.717, 1.165) is 28.9 Å². The topological polar surface area (TPSA) is 24.9 Å². The van der Waals surface area contributed by atoms with Crippen molar-refractivity contribution in [2.24, 2.45) is 0 Å². The van der Waals surface area contributed by atoms with Gasteiger partial charge in [0.2, 0.25) is 0 Å². The van der Waals surface area contributed by atoms with Crippen LogP contribution in [0.15, 0.2) is 28.7 Å². The Balaban J connectivity index is 2.28. The first-order chi connectivity index (χ1) is 9.89. The summed E-state index contributed by atoms with van der Waals surface area (Å²) in [6.07, 6.45) is 2.18. The molecule has 4 heteroatoms. The van der Waals surface area contributed by atoms with E-state index in [-0.39, 0.29) is 5.54 Å². The van der Waals surface area contributed by atoms with Gasteiger partial charge < -0.3 is 5.32 Å². The molecule has 0 bridgehead atoms. The van der Waals surface area contributed by atoms with Crippen molar-refractivity contribution >= 4 is 27.3 Å². The molecule has 21 heavy (non-hydrogen) atoms. The molecule has 1 N–H and O–H groups in total. The summed E-state index contributed by atoms with van der Waals surface area (Å²) in [6.45, 7) is 9.69. The molecule has 0 spiro atoms. The minimum absolute atomic E-state index is 0.128. The molecule has 1 heterocycles. The van der Waals surface area contributed by atoms with Crippen LogP contribution in [0.4, 0.5) is 0 Å². The van der Waals surface area contributed by atoms with Crippen molar-refractivity contribution in [2.75, 3.05) is 0 Å². The minimum atomic E-state index is 0.128. The number of hydrogen-bond acceptors (Lipinski definition) is 3. The zero-order valence-corrected chi connectivity index (χ0v) is 15.6. The van der Waals surface area contributed by atoms with Crippen LogP contribution in [0.2, 0.25) is 0 Å². The molecule has 0 unspecified atom stereocenters. The third-order valence-corrected chi connectivity index (χ3v) is 4.76. The summed E-state index contributed by atoms with van der Waals surface area (Å²) < 4.78 is 1.10. The summed E-state index contributed by atoms with van der Waals surface area (Å²) in [4.78, 5) is 6.23. The predicted molar refractivity (Wildman–Crippen MR) is 95.8 cm³/mol. The molecule has 1 aromatic heterocycles. The number of aromatic nitrogens is 1. The maximum atomic E-state index is 4.87. The van der Waals surface area contributed by atoms with Gasteiger partial charge >= 0.3 is 0 Å². The standard InChI is InChI=1S/C17H23BrN2S/c1-5-7-14-15(11-19-17(2,3)4)21-16(20-14)12-8-6-9-13(18)10-12/h6,8-10,19H,5,7,11H2,1-4H3. The van der Waals surface area contributed by atoms with Gasteiger partial charge in [-0.1, -0.05) is 41.4 Å². The van der Waals surface area contributed by atoms with E-state index in [9.17, 15) is 0 Å². The molecule has 2 aromatic rings. The van der Waals surface area contributed by atoms with Gasteiger partial charge in [-0.3, -0.25) is 0 Å². The van der Waals surface area contributed by atoms with E-state index in [4.69, 9.17) is 4.98 Å². The van der Waals surface area contributed by atoms with Crippen molar-refractivity contribution in [3.8, 4) is 10.6 Å². The second-order valence-corrected chi connectivity index (χ2v) is 8.25. The minimum Gasteiger partial charge on any atom is -0.307 e. The average molecular weight is 367 g/mol. The number of aryl methyl sites for hydroxylation is 1. The third-order valence-electron chi connectivity index (χ3n) is 3.12. The molecular weight excluding hydrogens is 344 g/mol. The van der Waals surface area contributed by atoms with Crippen LogP contribution in [0.25, 0.3) is 10.6 Å². The van der Waals surface area contributed by atoms with E-state index < -0.39 is 0 Å². The number of nitrogens with zero attached hydrogens (tertiary/aromatic N) is 1. The molecule has 0 saturated heterocycles. The molecule has 114 valence electrons. The number of thiazole rings is 1. The number of halogens is 1. The molecule has 0 amide bonds. The van der Waals surface area contributed by atoms with E-state index in [1.165, 1.54) is 16.1 Å². The first kappa shape index (κ1) is 16.7. The lowest BCUT2D eigenvalue weighted by Crippen LogP contribution is -2.35. The number of hydrogen-bond donors (Lipinski definition) is 1. The van der Waals surface area contributed by atoms with Crippen LogP contribution in [-0.2, 0) is 13.0 Å². The van der Waals surface area contributed by atoms with Crippen LogP contribution < -0.4 is 5.32 Å². The lowest BCUT2D eigenvalue weighted by molar-refractivity contribution is 0.425. The van der Waals surface area contributed by atoms with E-state index in [0.29, 0.717) is 0 Å². The van der Waals surface area contributed by atoms with Crippen molar-refractivity contribution in [1.29, 1.82) is 0 Å². The maximum Gasteiger partial charge on any atom is 0.123 e. The molecule has 0 saturated carbocycles. The third kappa shape index (κ3) is 4.90. The zero-order chi connectivity index (χ0) is 15.5. The Kier molecular flexibility index (Phi) is 5.58. The molecule has 0 aliphatic carbocycles. The van der Waals surface area contributed by atoms with E-state index >= 15 is 0 Å². The molecular formula is C17H23BrN2S. The fourth-order valence-electron chi connectivity index (χ4n) is 2.04. The Morgan fingerprint density at radius 1 is 1.29 bits per heavy atom. The van der Waals surface area contributed by atoms with Gasteiger partial charge in [0.1, 0.15) is 5.01 Å². The van der Waals surface area contributed by atoms with Gasteiger partial charge in [-0.05, 0) is 39.3 Å². The molecule has 0 aliphatic rings. The first-order valence-electron chi connectivity index (χ1n) is 7.38. The van der Waals surface area contributed by atoms with Crippen molar-refractivity contribution in [2.45, 2.75) is 52.6 Å². The molecule has 1 aromatic carbocycles. The maximum absolute atomic E-state index is 4.87. The average Bonchev–Trinajstić information content (AvgIpc) is 2.79. The second-order valence-electron chi connectivity index (χ2n) is 6.25. The summed E-state index contributed by atoms with van der Waals surface area (Å²) >= 11 is 5.34. The van der Waals surface area contributed by atoms with Gasteiger partial charge in [-0.2, -0.15) is 0 Å². The predicted octanol–water partition coefficient (Wildman–Crippen LogP) is 5.41. The highest BCUT2D eigenvalue weighted by Gasteiger charge is 2.15. The van der Waals surface area contributed by atoms with E-state index in [1.54, 1.807) is 0 Å². The number of nitrogens with one attached hydrogen (secondary N) is 1. The lowest BCUT2D eigenvalue weighted by atomic mass is 10.1. The smallest absolute Gasteiger partial charge is 0.123 e. The van der Waals surface area contributed by atoms with Crippen LogP contribution in [0.1, 0.15) is 44.7 Å². The Morgan fingerprint density at radius 2 is 2.05 bits per heavy atom. The Morgan fingerprint density at radius 3 is 2.67 bits per heavy atom. The van der Waals surface area contributed by atoms with Crippen LogP contribution in [0, 0.1) is 0 Å². The molecule has 0 fully saturated rings. The van der Waals surface area contributed by atoms with Gasteiger partial charge in [0, 0.05) is 27.0 Å². The van der Waals surface area contributed by atoms with Crippen LogP contribution >= 0.6 is 27.3 Å². The van der Waals surface area contributed by atoms with Crippen molar-refractivity contribution < 1.29 is 0 Å². The SMILES string of the molecule is CCCc1nc(-c2cccc(Br)c2)sc1CNC(C)(C)C. The Labute approximate surface area is 140 Å². The second kappa shape index (κ2) is 7.03. The van der Waals surface area contributed by atoms with Crippen LogP contribution in [0.3, 0.4) is 0 Å². The molecule has 2 nitrogen and oxygen atoms in total. The summed E-state index contributed by atoms with van der Waals surface area (Å²) in [5.41, 5.74) is 2.56. The Hall–Kier alpha value is -0.710. The van der Waals surface area contributed by atoms with Crippen LogP contribution in [-0.4, -0.2) is 10.5 Å². The van der Waals surface area contributed by atoms with Crippen molar-refractivity contribution in [3.05, 3.63) is 39.3 Å². The van der Waals surface area contributed by atoms with Gasteiger partial charge in [0.15, 0.2) is 0 Å².